The topological polar surface area (TPSA) is 12.0 Å². The number of hydrogen-bond donors (Lipinski definition) is 1. The molecule has 1 heteroatoms. The van der Waals surface area contributed by atoms with Gasteiger partial charge in [0.2, 0.25) is 0 Å². The maximum Gasteiger partial charge on any atom is 0.0713 e. The smallest absolute Gasteiger partial charge is 0.0713 e. The lowest BCUT2D eigenvalue weighted by Gasteiger charge is -2.34. The normalized spacial score (nSPS) is 13.2. The van der Waals surface area contributed by atoms with Crippen LogP contribution >= 0.6 is 0 Å². The Morgan fingerprint density at radius 1 is 0.485 bits per heavy atom. The van der Waals surface area contributed by atoms with Gasteiger partial charge in [0.1, 0.15) is 0 Å². The number of anilines is 2. The molecule has 1 aliphatic carbocycles. The molecule has 0 saturated carbocycles. The molecule has 0 saturated heterocycles. The molecule has 0 spiro atoms. The van der Waals surface area contributed by atoms with Gasteiger partial charge < -0.3 is 5.32 Å². The van der Waals surface area contributed by atoms with Gasteiger partial charge in [-0.25, -0.2) is 0 Å². The van der Waals surface area contributed by atoms with Crippen LogP contribution in [0.3, 0.4) is 0 Å². The molecule has 0 fully saturated rings. The van der Waals surface area contributed by atoms with E-state index in [0.717, 1.165) is 11.4 Å². The lowest BCUT2D eigenvalue weighted by molar-refractivity contribution is 0.768. The fourth-order valence-corrected chi connectivity index (χ4v) is 5.40. The lowest BCUT2D eigenvalue weighted by Crippen LogP contribution is -2.28. The molecule has 6 rings (SSSR count). The summed E-state index contributed by atoms with van der Waals surface area (Å²) in [5.74, 6) is 0. The number of hydrogen-bond acceptors (Lipinski definition) is 1. The van der Waals surface area contributed by atoms with E-state index in [9.17, 15) is 0 Å². The van der Waals surface area contributed by atoms with Crippen LogP contribution in [0.15, 0.2) is 127 Å². The summed E-state index contributed by atoms with van der Waals surface area (Å²) in [5, 5.41) is 3.55. The van der Waals surface area contributed by atoms with Crippen LogP contribution in [0.4, 0.5) is 11.4 Å². The third-order valence-corrected chi connectivity index (χ3v) is 6.78. The molecule has 0 radical (unpaired) electrons. The van der Waals surface area contributed by atoms with Gasteiger partial charge in [0.15, 0.2) is 0 Å². The van der Waals surface area contributed by atoms with Crippen LogP contribution in [0.5, 0.6) is 0 Å². The van der Waals surface area contributed by atoms with Gasteiger partial charge in [0, 0.05) is 11.4 Å². The van der Waals surface area contributed by atoms with Crippen molar-refractivity contribution in [3.63, 3.8) is 0 Å². The zero-order valence-corrected chi connectivity index (χ0v) is 18.6. The van der Waals surface area contributed by atoms with Gasteiger partial charge in [0.05, 0.1) is 5.41 Å². The molecule has 1 N–H and O–H groups in total. The van der Waals surface area contributed by atoms with E-state index in [-0.39, 0.29) is 5.41 Å². The quantitative estimate of drug-likeness (QED) is 0.302. The van der Waals surface area contributed by atoms with Crippen molar-refractivity contribution >= 4 is 11.4 Å². The molecule has 1 nitrogen and oxygen atoms in total. The summed E-state index contributed by atoms with van der Waals surface area (Å²) in [6, 6.07) is 46.1. The second-order valence-corrected chi connectivity index (χ2v) is 8.78. The van der Waals surface area contributed by atoms with Gasteiger partial charge in [-0.2, -0.15) is 0 Å². The first-order valence-corrected chi connectivity index (χ1v) is 11.5. The van der Waals surface area contributed by atoms with Crippen LogP contribution in [-0.4, -0.2) is 0 Å². The first-order valence-electron chi connectivity index (χ1n) is 11.5. The van der Waals surface area contributed by atoms with Crippen molar-refractivity contribution < 1.29 is 0 Å². The van der Waals surface area contributed by atoms with Gasteiger partial charge in [-0.05, 0) is 70.1 Å². The predicted molar refractivity (Wildman–Crippen MR) is 138 cm³/mol. The van der Waals surface area contributed by atoms with Crippen molar-refractivity contribution in [1.29, 1.82) is 0 Å². The molecule has 5 aromatic rings. The summed E-state index contributed by atoms with van der Waals surface area (Å²) in [6.07, 6.45) is 0. The zero-order valence-electron chi connectivity index (χ0n) is 18.6. The highest BCUT2D eigenvalue weighted by Crippen LogP contribution is 2.55. The maximum atomic E-state index is 3.55. The number of aryl methyl sites for hydroxylation is 1. The van der Waals surface area contributed by atoms with E-state index >= 15 is 0 Å². The molecule has 0 atom stereocenters. The molecule has 0 aliphatic heterocycles. The van der Waals surface area contributed by atoms with E-state index in [1.807, 2.05) is 0 Å². The Kier molecular flexibility index (Phi) is 4.62. The monoisotopic (exact) mass is 423 g/mol. The molecular formula is C32H25N. The number of nitrogens with one attached hydrogen (secondary N) is 1. The minimum atomic E-state index is -0.337. The molecule has 158 valence electrons. The zero-order chi connectivity index (χ0) is 22.3. The summed E-state index contributed by atoms with van der Waals surface area (Å²) in [6.45, 7) is 2.12. The Morgan fingerprint density at radius 2 is 1.06 bits per heavy atom. The maximum absolute atomic E-state index is 3.55. The Morgan fingerprint density at radius 3 is 1.70 bits per heavy atom. The van der Waals surface area contributed by atoms with E-state index in [0.29, 0.717) is 0 Å². The molecule has 0 heterocycles. The standard InChI is InChI=1S/C32H25N/c1-23-10-9-13-27(22-23)33-26-20-18-25(19-21-26)32(24-11-3-2-4-12-24)30-16-7-5-14-28(30)29-15-6-8-17-31(29)32/h2-22,33H,1H3. The van der Waals surface area contributed by atoms with E-state index in [2.05, 4.69) is 140 Å². The van der Waals surface area contributed by atoms with Gasteiger partial charge in [-0.1, -0.05) is 103 Å². The van der Waals surface area contributed by atoms with Crippen LogP contribution in [0.2, 0.25) is 0 Å². The summed E-state index contributed by atoms with van der Waals surface area (Å²) < 4.78 is 0. The van der Waals surface area contributed by atoms with Crippen molar-refractivity contribution in [3.8, 4) is 11.1 Å². The summed E-state index contributed by atoms with van der Waals surface area (Å²) >= 11 is 0. The number of benzene rings is 5. The average Bonchev–Trinajstić information content (AvgIpc) is 3.17. The highest BCUT2D eigenvalue weighted by Gasteiger charge is 2.45. The van der Waals surface area contributed by atoms with Crippen LogP contribution < -0.4 is 5.32 Å². The van der Waals surface area contributed by atoms with Crippen LogP contribution in [0.25, 0.3) is 11.1 Å². The van der Waals surface area contributed by atoms with Crippen molar-refractivity contribution in [3.05, 3.63) is 155 Å². The highest BCUT2D eigenvalue weighted by atomic mass is 14.9. The second-order valence-electron chi connectivity index (χ2n) is 8.78. The summed E-state index contributed by atoms with van der Waals surface area (Å²) in [7, 11) is 0. The Bertz CT molecular complexity index is 1390. The lowest BCUT2D eigenvalue weighted by atomic mass is 9.68. The van der Waals surface area contributed by atoms with Crippen molar-refractivity contribution in [2.24, 2.45) is 0 Å². The van der Waals surface area contributed by atoms with Gasteiger partial charge in [-0.15, -0.1) is 0 Å². The highest BCUT2D eigenvalue weighted by molar-refractivity contribution is 5.86. The Balaban J connectivity index is 1.54. The average molecular weight is 424 g/mol. The Hall–Kier alpha value is -4.10. The van der Waals surface area contributed by atoms with Gasteiger partial charge in [-0.3, -0.25) is 0 Å². The van der Waals surface area contributed by atoms with Crippen molar-refractivity contribution in [2.45, 2.75) is 12.3 Å². The number of rotatable bonds is 4. The SMILES string of the molecule is Cc1cccc(Nc2ccc(C3(c4ccccc4)c4ccccc4-c4ccccc43)cc2)c1. The molecule has 0 unspecified atom stereocenters. The van der Waals surface area contributed by atoms with Crippen LogP contribution in [0.1, 0.15) is 27.8 Å². The van der Waals surface area contributed by atoms with E-state index in [1.54, 1.807) is 0 Å². The summed E-state index contributed by atoms with van der Waals surface area (Å²) in [5.41, 5.74) is 11.0. The van der Waals surface area contributed by atoms with Crippen LogP contribution in [-0.2, 0) is 5.41 Å². The summed E-state index contributed by atoms with van der Waals surface area (Å²) in [4.78, 5) is 0. The van der Waals surface area contributed by atoms with Crippen LogP contribution in [0, 0.1) is 6.92 Å². The Labute approximate surface area is 195 Å². The van der Waals surface area contributed by atoms with E-state index < -0.39 is 0 Å². The molecule has 0 bridgehead atoms. The molecule has 1 aliphatic rings. The molecular weight excluding hydrogens is 398 g/mol. The largest absolute Gasteiger partial charge is 0.356 e. The first-order chi connectivity index (χ1) is 16.3. The van der Waals surface area contributed by atoms with E-state index in [1.165, 1.54) is 38.9 Å². The fourth-order valence-electron chi connectivity index (χ4n) is 5.40. The molecule has 0 aromatic heterocycles. The number of fused-ring (bicyclic) bond motifs is 3. The molecule has 5 aromatic carbocycles. The second kappa shape index (κ2) is 7.79. The fraction of sp³-hybridized carbons (Fsp3) is 0.0625. The third-order valence-electron chi connectivity index (χ3n) is 6.78. The minimum absolute atomic E-state index is 0.337. The van der Waals surface area contributed by atoms with Crippen molar-refractivity contribution in [2.75, 3.05) is 5.32 Å². The third kappa shape index (κ3) is 3.08. The van der Waals surface area contributed by atoms with Gasteiger partial charge >= 0.3 is 0 Å². The molecule has 0 amide bonds. The van der Waals surface area contributed by atoms with Gasteiger partial charge in [0.25, 0.3) is 0 Å². The predicted octanol–water partition coefficient (Wildman–Crippen LogP) is 8.10. The van der Waals surface area contributed by atoms with E-state index in [4.69, 9.17) is 0 Å². The minimum Gasteiger partial charge on any atom is -0.356 e. The van der Waals surface area contributed by atoms with Crippen molar-refractivity contribution in [1.82, 2.24) is 0 Å². The molecule has 33 heavy (non-hydrogen) atoms. The first kappa shape index (κ1) is 19.6.